The van der Waals surface area contributed by atoms with Crippen molar-refractivity contribution in [2.24, 2.45) is 11.8 Å². The summed E-state index contributed by atoms with van der Waals surface area (Å²) >= 11 is 0. The van der Waals surface area contributed by atoms with E-state index in [-0.39, 0.29) is 5.91 Å². The lowest BCUT2D eigenvalue weighted by molar-refractivity contribution is 0.0772. The number of carbonyl (C=O) groups is 1. The Morgan fingerprint density at radius 3 is 2.46 bits per heavy atom. The van der Waals surface area contributed by atoms with Crippen LogP contribution in [0.3, 0.4) is 0 Å². The first kappa shape index (κ1) is 19.0. The number of pyridine rings is 1. The van der Waals surface area contributed by atoms with Crippen LogP contribution in [0.5, 0.6) is 0 Å². The van der Waals surface area contributed by atoms with Crippen LogP contribution in [-0.2, 0) is 6.54 Å². The molecule has 2 aliphatic rings. The number of rotatable bonds is 4. The predicted molar refractivity (Wildman–Crippen MR) is 103 cm³/mol. The van der Waals surface area contributed by atoms with E-state index in [1.165, 1.54) is 0 Å². The van der Waals surface area contributed by atoms with Crippen LogP contribution in [0.15, 0.2) is 42.7 Å². The van der Waals surface area contributed by atoms with Gasteiger partial charge in [-0.2, -0.15) is 0 Å². The molecule has 1 amide bonds. The number of hydrogen-bond donors (Lipinski definition) is 0. The van der Waals surface area contributed by atoms with Crippen LogP contribution in [0, 0.1) is 23.5 Å². The van der Waals surface area contributed by atoms with Gasteiger partial charge >= 0.3 is 0 Å². The number of piperidine rings is 1. The first-order valence-corrected chi connectivity index (χ1v) is 9.96. The first-order chi connectivity index (χ1) is 13.6. The van der Waals surface area contributed by atoms with Crippen molar-refractivity contribution in [2.75, 3.05) is 26.2 Å². The summed E-state index contributed by atoms with van der Waals surface area (Å²) in [5.41, 5.74) is 1.12. The second-order valence-electron chi connectivity index (χ2n) is 7.86. The number of amides is 1. The second kappa shape index (κ2) is 8.35. The van der Waals surface area contributed by atoms with E-state index in [0.29, 0.717) is 29.5 Å². The molecule has 1 aromatic carbocycles. The van der Waals surface area contributed by atoms with Gasteiger partial charge in [0.15, 0.2) is 11.6 Å². The van der Waals surface area contributed by atoms with Gasteiger partial charge in [0.1, 0.15) is 0 Å². The molecule has 4 rings (SSSR count). The van der Waals surface area contributed by atoms with Gasteiger partial charge in [-0.25, -0.2) is 8.78 Å². The summed E-state index contributed by atoms with van der Waals surface area (Å²) in [4.78, 5) is 20.7. The van der Waals surface area contributed by atoms with Crippen LogP contribution in [0.1, 0.15) is 35.2 Å². The molecule has 1 atom stereocenters. The Labute approximate surface area is 164 Å². The highest BCUT2D eigenvalue weighted by atomic mass is 19.2. The molecule has 4 nitrogen and oxygen atoms in total. The Balaban J connectivity index is 1.29. The molecule has 1 unspecified atom stereocenters. The average Bonchev–Trinajstić information content (AvgIpc) is 3.22. The number of nitrogens with zero attached hydrogens (tertiary/aromatic N) is 3. The molecule has 0 N–H and O–H groups in total. The minimum absolute atomic E-state index is 0.0870. The van der Waals surface area contributed by atoms with E-state index >= 15 is 0 Å². The number of aromatic nitrogens is 1. The lowest BCUT2D eigenvalue weighted by Crippen LogP contribution is -2.37. The third-order valence-corrected chi connectivity index (χ3v) is 6.16. The molecule has 0 saturated carbocycles. The van der Waals surface area contributed by atoms with Crippen LogP contribution < -0.4 is 0 Å². The predicted octanol–water partition coefficient (Wildman–Crippen LogP) is 3.73. The average molecular weight is 385 g/mol. The smallest absolute Gasteiger partial charge is 0.253 e. The van der Waals surface area contributed by atoms with Gasteiger partial charge in [0.05, 0.1) is 0 Å². The van der Waals surface area contributed by atoms with E-state index < -0.39 is 11.6 Å². The maximum atomic E-state index is 13.9. The SMILES string of the molecule is O=C(c1ccncc1)N1CCC(C2CCN(Cc3cccc(F)c3F)CC2)C1. The third kappa shape index (κ3) is 4.07. The Bertz CT molecular complexity index is 822. The van der Waals surface area contributed by atoms with Crippen molar-refractivity contribution in [3.63, 3.8) is 0 Å². The lowest BCUT2D eigenvalue weighted by Gasteiger charge is -2.35. The largest absolute Gasteiger partial charge is 0.338 e. The van der Waals surface area contributed by atoms with Crippen LogP contribution in [0.2, 0.25) is 0 Å². The minimum atomic E-state index is -0.780. The molecule has 2 aliphatic heterocycles. The van der Waals surface area contributed by atoms with E-state index in [1.54, 1.807) is 36.7 Å². The molecule has 2 saturated heterocycles. The fraction of sp³-hybridized carbons (Fsp3) is 0.455. The van der Waals surface area contributed by atoms with E-state index in [1.807, 2.05) is 4.90 Å². The minimum Gasteiger partial charge on any atom is -0.338 e. The molecule has 6 heteroatoms. The van der Waals surface area contributed by atoms with Crippen molar-refractivity contribution >= 4 is 5.91 Å². The zero-order valence-corrected chi connectivity index (χ0v) is 15.9. The Hall–Kier alpha value is -2.34. The monoisotopic (exact) mass is 385 g/mol. The molecule has 3 heterocycles. The summed E-state index contributed by atoms with van der Waals surface area (Å²) in [6, 6.07) is 7.90. The Morgan fingerprint density at radius 1 is 1.00 bits per heavy atom. The van der Waals surface area contributed by atoms with Gasteiger partial charge in [0.25, 0.3) is 5.91 Å². The van der Waals surface area contributed by atoms with E-state index in [0.717, 1.165) is 51.5 Å². The number of carbonyl (C=O) groups excluding carboxylic acids is 1. The van der Waals surface area contributed by atoms with Gasteiger partial charge in [0.2, 0.25) is 0 Å². The molecule has 2 aromatic rings. The van der Waals surface area contributed by atoms with Crippen LogP contribution in [0.25, 0.3) is 0 Å². The fourth-order valence-corrected chi connectivity index (χ4v) is 4.53. The van der Waals surface area contributed by atoms with Crippen LogP contribution >= 0.6 is 0 Å². The summed E-state index contributed by atoms with van der Waals surface area (Å²) in [6.07, 6.45) is 6.42. The molecule has 0 aliphatic carbocycles. The Kier molecular flexibility index (Phi) is 5.67. The standard InChI is InChI=1S/C22H25F2N3O/c23-20-3-1-2-19(21(20)24)14-26-11-6-16(7-12-26)18-8-13-27(15-18)22(28)17-4-9-25-10-5-17/h1-5,9-10,16,18H,6-8,11-15H2. The van der Waals surface area contributed by atoms with Crippen molar-refractivity contribution in [2.45, 2.75) is 25.8 Å². The van der Waals surface area contributed by atoms with Crippen molar-refractivity contribution in [1.82, 2.24) is 14.8 Å². The zero-order valence-electron chi connectivity index (χ0n) is 15.9. The molecule has 28 heavy (non-hydrogen) atoms. The van der Waals surface area contributed by atoms with Crippen molar-refractivity contribution < 1.29 is 13.6 Å². The Morgan fingerprint density at radius 2 is 1.71 bits per heavy atom. The summed E-state index contributed by atoms with van der Waals surface area (Å²) < 4.78 is 27.3. The molecule has 2 fully saturated rings. The van der Waals surface area contributed by atoms with E-state index in [2.05, 4.69) is 9.88 Å². The van der Waals surface area contributed by atoms with Crippen LogP contribution in [0.4, 0.5) is 8.78 Å². The second-order valence-corrected chi connectivity index (χ2v) is 7.86. The van der Waals surface area contributed by atoms with E-state index in [9.17, 15) is 13.6 Å². The summed E-state index contributed by atoms with van der Waals surface area (Å²) in [6.45, 7) is 3.84. The molecular weight excluding hydrogens is 360 g/mol. The van der Waals surface area contributed by atoms with Gasteiger partial charge in [0, 0.05) is 43.2 Å². The molecule has 0 bridgehead atoms. The van der Waals surface area contributed by atoms with Crippen molar-refractivity contribution in [3.8, 4) is 0 Å². The topological polar surface area (TPSA) is 36.4 Å². The number of hydrogen-bond acceptors (Lipinski definition) is 3. The lowest BCUT2D eigenvalue weighted by atomic mass is 9.83. The van der Waals surface area contributed by atoms with Gasteiger partial charge in [-0.05, 0) is 62.4 Å². The van der Waals surface area contributed by atoms with Gasteiger partial charge in [-0.15, -0.1) is 0 Å². The van der Waals surface area contributed by atoms with Crippen molar-refractivity contribution in [3.05, 3.63) is 65.5 Å². The first-order valence-electron chi connectivity index (χ1n) is 9.96. The molecular formula is C22H25F2N3O. The van der Waals surface area contributed by atoms with Gasteiger partial charge < -0.3 is 4.90 Å². The number of halogens is 2. The van der Waals surface area contributed by atoms with Crippen molar-refractivity contribution in [1.29, 1.82) is 0 Å². The summed E-state index contributed by atoms with van der Waals surface area (Å²) in [5.74, 6) is -0.311. The molecule has 1 aromatic heterocycles. The quantitative estimate of drug-likeness (QED) is 0.805. The van der Waals surface area contributed by atoms with E-state index in [4.69, 9.17) is 0 Å². The zero-order chi connectivity index (χ0) is 19.5. The van der Waals surface area contributed by atoms with Crippen LogP contribution in [-0.4, -0.2) is 46.9 Å². The summed E-state index contributed by atoms with van der Waals surface area (Å²) in [5, 5.41) is 0. The third-order valence-electron chi connectivity index (χ3n) is 6.16. The molecule has 0 spiro atoms. The van der Waals surface area contributed by atoms with Gasteiger partial charge in [-0.3, -0.25) is 14.7 Å². The fourth-order valence-electron chi connectivity index (χ4n) is 4.53. The maximum absolute atomic E-state index is 13.9. The molecule has 0 radical (unpaired) electrons. The maximum Gasteiger partial charge on any atom is 0.253 e. The number of benzene rings is 1. The normalized spacial score (nSPS) is 21.2. The summed E-state index contributed by atoms with van der Waals surface area (Å²) in [7, 11) is 0. The highest BCUT2D eigenvalue weighted by Crippen LogP contribution is 2.33. The highest BCUT2D eigenvalue weighted by Gasteiger charge is 2.34. The molecule has 148 valence electrons. The highest BCUT2D eigenvalue weighted by molar-refractivity contribution is 5.94. The number of likely N-dealkylation sites (tertiary alicyclic amines) is 2. The van der Waals surface area contributed by atoms with Gasteiger partial charge in [-0.1, -0.05) is 12.1 Å².